The van der Waals surface area contributed by atoms with E-state index in [0.717, 1.165) is 24.4 Å². The van der Waals surface area contributed by atoms with Gasteiger partial charge >= 0.3 is 0 Å². The average molecular weight is 257 g/mol. The lowest BCUT2D eigenvalue weighted by atomic mass is 10.1. The van der Waals surface area contributed by atoms with E-state index >= 15 is 0 Å². The molecule has 1 N–H and O–H groups in total. The highest BCUT2D eigenvalue weighted by Gasteiger charge is 2.02. The van der Waals surface area contributed by atoms with Gasteiger partial charge in [0.25, 0.3) is 0 Å². The number of aryl methyl sites for hydroxylation is 1. The number of ether oxygens (including phenoxy) is 1. The first kappa shape index (κ1) is 13.5. The Labute approximate surface area is 113 Å². The number of rotatable bonds is 6. The lowest BCUT2D eigenvalue weighted by molar-refractivity contribution is 0.395. The summed E-state index contributed by atoms with van der Waals surface area (Å²) in [5.41, 5.74) is 3.36. The van der Waals surface area contributed by atoms with Crippen LogP contribution in [0, 0.1) is 0 Å². The second-order valence-corrected chi connectivity index (χ2v) is 4.24. The Morgan fingerprint density at radius 2 is 2.05 bits per heavy atom. The minimum absolute atomic E-state index is 0.645. The van der Waals surface area contributed by atoms with Crippen LogP contribution in [-0.2, 0) is 19.5 Å². The van der Waals surface area contributed by atoms with Crippen molar-refractivity contribution in [1.29, 1.82) is 0 Å². The van der Waals surface area contributed by atoms with Gasteiger partial charge in [0, 0.05) is 25.4 Å². The molecule has 0 atom stereocenters. The molecule has 0 unspecified atom stereocenters. The number of pyridine rings is 2. The molecule has 0 aliphatic heterocycles. The Balaban J connectivity index is 1.92. The molecule has 0 radical (unpaired) electrons. The predicted octanol–water partition coefficient (Wildman–Crippen LogP) is 2.34. The first-order chi connectivity index (χ1) is 9.33. The molecule has 19 heavy (non-hydrogen) atoms. The normalized spacial score (nSPS) is 10.4. The van der Waals surface area contributed by atoms with Gasteiger partial charge in [0.05, 0.1) is 18.5 Å². The highest BCUT2D eigenvalue weighted by molar-refractivity contribution is 5.20. The van der Waals surface area contributed by atoms with E-state index in [1.54, 1.807) is 7.11 Å². The van der Waals surface area contributed by atoms with E-state index in [0.29, 0.717) is 12.4 Å². The van der Waals surface area contributed by atoms with Crippen molar-refractivity contribution in [1.82, 2.24) is 15.3 Å². The van der Waals surface area contributed by atoms with Gasteiger partial charge in [-0.3, -0.25) is 4.98 Å². The Morgan fingerprint density at radius 3 is 2.84 bits per heavy atom. The first-order valence-corrected chi connectivity index (χ1v) is 6.47. The highest BCUT2D eigenvalue weighted by Crippen LogP contribution is 2.08. The minimum Gasteiger partial charge on any atom is -0.481 e. The highest BCUT2D eigenvalue weighted by atomic mass is 16.5. The Morgan fingerprint density at radius 1 is 1.16 bits per heavy atom. The molecular formula is C15H19N3O. The zero-order chi connectivity index (χ0) is 13.5. The fourth-order valence-corrected chi connectivity index (χ4v) is 1.93. The van der Waals surface area contributed by atoms with Crippen molar-refractivity contribution in [3.8, 4) is 5.88 Å². The van der Waals surface area contributed by atoms with Crippen LogP contribution in [0.5, 0.6) is 5.88 Å². The van der Waals surface area contributed by atoms with Gasteiger partial charge in [-0.25, -0.2) is 4.98 Å². The molecule has 0 bridgehead atoms. The van der Waals surface area contributed by atoms with Gasteiger partial charge in [-0.1, -0.05) is 19.1 Å². The third-order valence-corrected chi connectivity index (χ3v) is 2.95. The van der Waals surface area contributed by atoms with Gasteiger partial charge in [0.15, 0.2) is 0 Å². The summed E-state index contributed by atoms with van der Waals surface area (Å²) in [7, 11) is 1.63. The molecule has 4 nitrogen and oxygen atoms in total. The lowest BCUT2D eigenvalue weighted by Gasteiger charge is -2.08. The zero-order valence-electron chi connectivity index (χ0n) is 11.4. The Kier molecular flexibility index (Phi) is 4.86. The quantitative estimate of drug-likeness (QED) is 0.863. The molecule has 2 rings (SSSR count). The van der Waals surface area contributed by atoms with Gasteiger partial charge in [-0.2, -0.15) is 0 Å². The SMILES string of the molecule is CCc1cccnc1CNCc1cccc(OC)n1. The van der Waals surface area contributed by atoms with Crippen LogP contribution < -0.4 is 10.1 Å². The molecule has 0 spiro atoms. The monoisotopic (exact) mass is 257 g/mol. The summed E-state index contributed by atoms with van der Waals surface area (Å²) in [6.07, 6.45) is 2.84. The average Bonchev–Trinajstić information content (AvgIpc) is 2.48. The van der Waals surface area contributed by atoms with E-state index in [1.807, 2.05) is 30.5 Å². The Bertz CT molecular complexity index is 528. The summed E-state index contributed by atoms with van der Waals surface area (Å²) in [5, 5.41) is 3.36. The predicted molar refractivity (Wildman–Crippen MR) is 74.9 cm³/mol. The van der Waals surface area contributed by atoms with Crippen LogP contribution >= 0.6 is 0 Å². The third-order valence-electron chi connectivity index (χ3n) is 2.95. The van der Waals surface area contributed by atoms with Gasteiger partial charge in [-0.05, 0) is 24.1 Å². The number of methoxy groups -OCH3 is 1. The lowest BCUT2D eigenvalue weighted by Crippen LogP contribution is -2.16. The van der Waals surface area contributed by atoms with Crippen molar-refractivity contribution in [2.75, 3.05) is 7.11 Å². The fourth-order valence-electron chi connectivity index (χ4n) is 1.93. The molecule has 4 heteroatoms. The van der Waals surface area contributed by atoms with Crippen molar-refractivity contribution >= 4 is 0 Å². The Hall–Kier alpha value is -1.94. The van der Waals surface area contributed by atoms with Crippen LogP contribution in [0.1, 0.15) is 23.9 Å². The minimum atomic E-state index is 0.645. The number of nitrogens with zero attached hydrogens (tertiary/aromatic N) is 2. The maximum absolute atomic E-state index is 5.10. The maximum atomic E-state index is 5.10. The summed E-state index contributed by atoms with van der Waals surface area (Å²) in [6, 6.07) is 9.87. The number of nitrogens with one attached hydrogen (secondary N) is 1. The van der Waals surface area contributed by atoms with Crippen LogP contribution in [0.4, 0.5) is 0 Å². The van der Waals surface area contributed by atoms with Crippen LogP contribution in [-0.4, -0.2) is 17.1 Å². The van der Waals surface area contributed by atoms with Crippen LogP contribution in [0.2, 0.25) is 0 Å². The summed E-state index contributed by atoms with van der Waals surface area (Å²) in [6.45, 7) is 3.60. The van der Waals surface area contributed by atoms with Crippen LogP contribution in [0.3, 0.4) is 0 Å². The van der Waals surface area contributed by atoms with Crippen LogP contribution in [0.15, 0.2) is 36.5 Å². The molecule has 0 saturated heterocycles. The summed E-state index contributed by atoms with van der Waals surface area (Å²) < 4.78 is 5.10. The fraction of sp³-hybridized carbons (Fsp3) is 0.333. The van der Waals surface area contributed by atoms with E-state index in [2.05, 4.69) is 28.3 Å². The summed E-state index contributed by atoms with van der Waals surface area (Å²) in [4.78, 5) is 8.77. The maximum Gasteiger partial charge on any atom is 0.213 e. The van der Waals surface area contributed by atoms with E-state index in [4.69, 9.17) is 4.74 Å². The summed E-state index contributed by atoms with van der Waals surface area (Å²) >= 11 is 0. The van der Waals surface area contributed by atoms with Crippen molar-refractivity contribution in [2.24, 2.45) is 0 Å². The van der Waals surface area contributed by atoms with Gasteiger partial charge in [0.2, 0.25) is 5.88 Å². The van der Waals surface area contributed by atoms with Crippen LogP contribution in [0.25, 0.3) is 0 Å². The van der Waals surface area contributed by atoms with E-state index in [9.17, 15) is 0 Å². The third kappa shape index (κ3) is 3.76. The molecule has 0 aromatic carbocycles. The molecule has 100 valence electrons. The standard InChI is InChI=1S/C15H19N3O/c1-3-12-6-5-9-17-14(12)11-16-10-13-7-4-8-15(18-13)19-2/h4-9,16H,3,10-11H2,1-2H3. The number of hydrogen-bond acceptors (Lipinski definition) is 4. The smallest absolute Gasteiger partial charge is 0.213 e. The molecule has 2 heterocycles. The van der Waals surface area contributed by atoms with Crippen molar-refractivity contribution in [3.63, 3.8) is 0 Å². The zero-order valence-corrected chi connectivity index (χ0v) is 11.4. The van der Waals surface area contributed by atoms with E-state index in [1.165, 1.54) is 5.56 Å². The van der Waals surface area contributed by atoms with Crippen molar-refractivity contribution in [2.45, 2.75) is 26.4 Å². The second kappa shape index (κ2) is 6.85. The van der Waals surface area contributed by atoms with Gasteiger partial charge < -0.3 is 10.1 Å². The molecular weight excluding hydrogens is 238 g/mol. The van der Waals surface area contributed by atoms with Gasteiger partial charge in [-0.15, -0.1) is 0 Å². The molecule has 0 amide bonds. The molecule has 2 aromatic rings. The first-order valence-electron chi connectivity index (χ1n) is 6.47. The number of hydrogen-bond donors (Lipinski definition) is 1. The van der Waals surface area contributed by atoms with E-state index in [-0.39, 0.29) is 0 Å². The number of aromatic nitrogens is 2. The summed E-state index contributed by atoms with van der Waals surface area (Å²) in [5.74, 6) is 0.645. The topological polar surface area (TPSA) is 47.0 Å². The molecule has 0 saturated carbocycles. The molecule has 0 aliphatic carbocycles. The van der Waals surface area contributed by atoms with E-state index < -0.39 is 0 Å². The largest absolute Gasteiger partial charge is 0.481 e. The van der Waals surface area contributed by atoms with Crippen molar-refractivity contribution in [3.05, 3.63) is 53.5 Å². The molecule has 0 fully saturated rings. The van der Waals surface area contributed by atoms with Gasteiger partial charge in [0.1, 0.15) is 0 Å². The second-order valence-electron chi connectivity index (χ2n) is 4.24. The molecule has 2 aromatic heterocycles. The van der Waals surface area contributed by atoms with Crippen molar-refractivity contribution < 1.29 is 4.74 Å². The molecule has 0 aliphatic rings.